The Morgan fingerprint density at radius 1 is 0.893 bits per heavy atom. The maximum Gasteiger partial charge on any atom is 0.428 e. The number of hydrogen-bond acceptors (Lipinski definition) is 18. The zero-order valence-electron chi connectivity index (χ0n) is 31.8. The van der Waals surface area contributed by atoms with Gasteiger partial charge >= 0.3 is 35.9 Å². The number of unbranched alkanes of at least 4 members (excludes halogenated alkanes) is 4. The Bertz CT molecular complexity index is 2270. The molecule has 0 spiro atoms. The fourth-order valence-electron chi connectivity index (χ4n) is 5.80. The minimum atomic E-state index is -0.983. The molecule has 5 aromatic rings. The van der Waals surface area contributed by atoms with E-state index in [0.29, 0.717) is 35.2 Å². The normalized spacial score (nSPS) is 11.1. The number of benzene rings is 1. The van der Waals surface area contributed by atoms with E-state index in [1.165, 1.54) is 0 Å². The predicted octanol–water partition coefficient (Wildman–Crippen LogP) is 5.19. The maximum absolute atomic E-state index is 10.7. The average Bonchev–Trinajstić information content (AvgIpc) is 3.52. The number of aromatic hydroxyl groups is 4. The third-order valence-corrected chi connectivity index (χ3v) is 8.55. The van der Waals surface area contributed by atoms with Crippen molar-refractivity contribution in [2.24, 2.45) is 10.2 Å². The minimum Gasteiger partial charge on any atom is -0.471 e. The molecule has 0 saturated carbocycles. The lowest BCUT2D eigenvalue weighted by molar-refractivity contribution is -0.626. The average molecular weight is 765 g/mol. The molecule has 21 nitrogen and oxygen atoms in total. The van der Waals surface area contributed by atoms with Gasteiger partial charge in [0.25, 0.3) is 5.82 Å². The standard InChI is InChI=1S/C35H41N17O4/c1-8-10-12-17-38-26-23(28(49(6)18-13-11-9-2)40-29(39-26)50(7)24-20(3)15-14-16-21(24)4)46-47-25-22(19-36)27(37-5)52(48-25)31-43-34(55)51(35(56)44-31)30-41-32(53)45-33(54)42-30/h14-16H,8-13,17-18H2,1-4,6-7H3,(H4,38,39,40,41,42,43,44,45,47,48,53,54,55,56)/p+1. The molecule has 0 aliphatic rings. The zero-order chi connectivity index (χ0) is 40.5. The summed E-state index contributed by atoms with van der Waals surface area (Å²) in [6.45, 7) is 17.4. The van der Waals surface area contributed by atoms with Crippen molar-refractivity contribution in [3.63, 3.8) is 0 Å². The first-order valence-corrected chi connectivity index (χ1v) is 17.8. The lowest BCUT2D eigenvalue weighted by Crippen LogP contribution is -2.36. The fraction of sp³-hybridized carbons (Fsp3) is 0.400. The Kier molecular flexibility index (Phi) is 12.6. The van der Waals surface area contributed by atoms with Gasteiger partial charge in [-0.25, -0.2) is 0 Å². The number of nitriles is 1. The molecule has 0 unspecified atom stereocenters. The Morgan fingerprint density at radius 2 is 1.54 bits per heavy atom. The number of nitrogens with one attached hydrogen (secondary N) is 1. The molecule has 21 heteroatoms. The molecule has 0 atom stereocenters. The van der Waals surface area contributed by atoms with Crippen LogP contribution in [0.15, 0.2) is 28.4 Å². The van der Waals surface area contributed by atoms with Crippen molar-refractivity contribution in [3.05, 3.63) is 46.3 Å². The Hall–Kier alpha value is -7.29. The van der Waals surface area contributed by atoms with Crippen LogP contribution < -0.4 is 19.7 Å². The van der Waals surface area contributed by atoms with Crippen LogP contribution in [0.1, 0.15) is 69.1 Å². The van der Waals surface area contributed by atoms with Crippen molar-refractivity contribution in [2.45, 2.75) is 66.2 Å². The van der Waals surface area contributed by atoms with Crippen LogP contribution in [0.4, 0.5) is 40.6 Å². The highest BCUT2D eigenvalue weighted by Gasteiger charge is 2.32. The Morgan fingerprint density at radius 3 is 2.14 bits per heavy atom. The van der Waals surface area contributed by atoms with Gasteiger partial charge in [-0.15, -0.1) is 24.5 Å². The quantitative estimate of drug-likeness (QED) is 0.0375. The summed E-state index contributed by atoms with van der Waals surface area (Å²) in [5, 5.41) is 67.5. The molecule has 1 aromatic carbocycles. The van der Waals surface area contributed by atoms with Crippen molar-refractivity contribution < 1.29 is 25.0 Å². The third-order valence-electron chi connectivity index (χ3n) is 8.55. The highest BCUT2D eigenvalue weighted by atomic mass is 16.3. The van der Waals surface area contributed by atoms with Gasteiger partial charge in [0.05, 0.1) is 6.07 Å². The molecule has 0 fully saturated rings. The molecule has 4 aromatic heterocycles. The molecular formula is C35H42N17O4+. The minimum absolute atomic E-state index is 0.276. The van der Waals surface area contributed by atoms with Crippen molar-refractivity contribution in [1.82, 2.24) is 44.7 Å². The van der Waals surface area contributed by atoms with Gasteiger partial charge in [-0.3, -0.25) is 0 Å². The summed E-state index contributed by atoms with van der Waals surface area (Å²) in [4.78, 5) is 35.3. The van der Waals surface area contributed by atoms with E-state index >= 15 is 0 Å². The summed E-state index contributed by atoms with van der Waals surface area (Å²) in [6, 6.07) is 4.18. The highest BCUT2D eigenvalue weighted by molar-refractivity contribution is 5.78. The van der Waals surface area contributed by atoms with Crippen molar-refractivity contribution in [2.75, 3.05) is 42.3 Å². The molecule has 0 saturated heterocycles. The van der Waals surface area contributed by atoms with Crippen LogP contribution in [0, 0.1) is 31.8 Å². The number of para-hydroxylation sites is 1. The largest absolute Gasteiger partial charge is 0.471 e. The second-order valence-corrected chi connectivity index (χ2v) is 12.7. The summed E-state index contributed by atoms with van der Waals surface area (Å²) in [5.41, 5.74) is 3.04. The van der Waals surface area contributed by atoms with Gasteiger partial charge in [0.1, 0.15) is 5.56 Å². The van der Waals surface area contributed by atoms with Gasteiger partial charge in [-0.05, 0) is 47.8 Å². The highest BCUT2D eigenvalue weighted by Crippen LogP contribution is 2.39. The van der Waals surface area contributed by atoms with E-state index in [1.54, 1.807) is 0 Å². The monoisotopic (exact) mass is 764 g/mol. The molecule has 0 radical (unpaired) electrons. The molecule has 5 rings (SSSR count). The molecule has 0 amide bonds. The summed E-state index contributed by atoms with van der Waals surface area (Å²) in [6.07, 6.45) is 5.77. The van der Waals surface area contributed by atoms with Crippen LogP contribution in [0.2, 0.25) is 0 Å². The summed E-state index contributed by atoms with van der Waals surface area (Å²) < 4.78 is 1.28. The summed E-state index contributed by atoms with van der Waals surface area (Å²) in [7, 11) is 3.82. The SMILES string of the molecule is [C-]#[N+]c1c(C#N)c(N=Nc2c(NCCCCC)nc(N(C)c3c(C)cccc3C)nc2N(C)CCCCC)nn1-c1nc(O)[n+](-c2nc(O)nc(O)n2)c(O)n1. The molecule has 5 N–H and O–H groups in total. The number of aryl methyl sites for hydroxylation is 2. The van der Waals surface area contributed by atoms with Crippen LogP contribution in [0.3, 0.4) is 0 Å². The molecule has 290 valence electrons. The van der Waals surface area contributed by atoms with Gasteiger partial charge in [-0.2, -0.15) is 15.2 Å². The van der Waals surface area contributed by atoms with Crippen molar-refractivity contribution >= 4 is 40.6 Å². The van der Waals surface area contributed by atoms with Crippen LogP contribution in [-0.2, 0) is 0 Å². The van der Waals surface area contributed by atoms with Gasteiger partial charge < -0.3 is 40.4 Å². The van der Waals surface area contributed by atoms with Crippen LogP contribution in [0.5, 0.6) is 24.0 Å². The molecule has 4 heterocycles. The lowest BCUT2D eigenvalue weighted by Gasteiger charge is -2.26. The number of hydrogen-bond donors (Lipinski definition) is 5. The van der Waals surface area contributed by atoms with E-state index in [4.69, 9.17) is 16.5 Å². The molecule has 56 heavy (non-hydrogen) atoms. The van der Waals surface area contributed by atoms with E-state index in [2.05, 4.69) is 64.3 Å². The van der Waals surface area contributed by atoms with Crippen molar-refractivity contribution in [1.29, 1.82) is 5.26 Å². The number of anilines is 4. The number of azo groups is 1. The van der Waals surface area contributed by atoms with Gasteiger partial charge in [0.15, 0.2) is 17.3 Å². The molecule has 0 bridgehead atoms. The third kappa shape index (κ3) is 8.57. The van der Waals surface area contributed by atoms with Crippen LogP contribution in [-0.4, -0.2) is 92.3 Å². The zero-order valence-corrected chi connectivity index (χ0v) is 31.8. The van der Waals surface area contributed by atoms with E-state index in [0.717, 1.165) is 60.0 Å². The molecular weight excluding hydrogens is 722 g/mol. The lowest BCUT2D eigenvalue weighted by atomic mass is 10.1. The van der Waals surface area contributed by atoms with Crippen LogP contribution >= 0.6 is 0 Å². The van der Waals surface area contributed by atoms with E-state index < -0.39 is 41.8 Å². The predicted molar refractivity (Wildman–Crippen MR) is 203 cm³/mol. The fourth-order valence-corrected chi connectivity index (χ4v) is 5.80. The van der Waals surface area contributed by atoms with E-state index in [9.17, 15) is 25.7 Å². The Labute approximate surface area is 322 Å². The second-order valence-electron chi connectivity index (χ2n) is 12.7. The summed E-state index contributed by atoms with van der Waals surface area (Å²) in [5.74, 6) is -0.569. The van der Waals surface area contributed by atoms with Crippen molar-refractivity contribution in [3.8, 4) is 42.0 Å². The van der Waals surface area contributed by atoms with Gasteiger partial charge in [-0.1, -0.05) is 79.4 Å². The van der Waals surface area contributed by atoms with Crippen LogP contribution in [0.25, 0.3) is 16.7 Å². The topological polar surface area (TPSA) is 264 Å². The maximum atomic E-state index is 10.7. The molecule has 0 aliphatic carbocycles. The number of aromatic nitrogens is 10. The number of nitrogens with zero attached hydrogens (tertiary/aromatic N) is 16. The smallest absolute Gasteiger partial charge is 0.428 e. The van der Waals surface area contributed by atoms with Gasteiger partial charge in [0.2, 0.25) is 11.8 Å². The first kappa shape index (κ1) is 39.9. The first-order valence-electron chi connectivity index (χ1n) is 17.8. The first-order chi connectivity index (χ1) is 26.9. The molecule has 0 aliphatic heterocycles. The number of rotatable bonds is 16. The van der Waals surface area contributed by atoms with Gasteiger partial charge in [0, 0.05) is 32.9 Å². The Balaban J connectivity index is 1.65. The summed E-state index contributed by atoms with van der Waals surface area (Å²) >= 11 is 0. The van der Waals surface area contributed by atoms with E-state index in [1.807, 2.05) is 62.0 Å². The van der Waals surface area contributed by atoms with E-state index in [-0.39, 0.29) is 17.1 Å². The second kappa shape index (κ2) is 17.7.